The first-order valence-electron chi connectivity index (χ1n) is 2.11. The predicted octanol–water partition coefficient (Wildman–Crippen LogP) is -0.237. The summed E-state index contributed by atoms with van der Waals surface area (Å²) < 4.78 is 0. The van der Waals surface area contributed by atoms with Gasteiger partial charge in [0.1, 0.15) is 0 Å². The van der Waals surface area contributed by atoms with Gasteiger partial charge >= 0.3 is 0 Å². The van der Waals surface area contributed by atoms with E-state index in [1.807, 2.05) is 0 Å². The minimum atomic E-state index is 0.445. The summed E-state index contributed by atoms with van der Waals surface area (Å²) in [5, 5.41) is 9.10. The molecule has 0 bridgehead atoms. The van der Waals surface area contributed by atoms with E-state index < -0.39 is 0 Å². The van der Waals surface area contributed by atoms with Crippen molar-refractivity contribution in [1.29, 1.82) is 0 Å². The van der Waals surface area contributed by atoms with Crippen LogP contribution in [0.4, 0.5) is 0 Å². The number of hydroxylamine groups is 3. The first kappa shape index (κ1) is 6.84. The highest BCUT2D eigenvalue weighted by atomic mass is 17.0. The number of nitrogens with one attached hydrogen (secondary N) is 1. The number of hydrogen-bond acceptors (Lipinski definition) is 4. The molecule has 0 radical (unpaired) electrons. The Bertz CT molecular complexity index is 41.9. The van der Waals surface area contributed by atoms with Gasteiger partial charge in [-0.25, -0.2) is 0 Å². The van der Waals surface area contributed by atoms with E-state index in [1.54, 1.807) is 14.0 Å². The Kier molecular flexibility index (Phi) is 3.92. The molecule has 44 valence electrons. The van der Waals surface area contributed by atoms with E-state index in [9.17, 15) is 0 Å². The summed E-state index contributed by atoms with van der Waals surface area (Å²) in [6.45, 7) is 2.21. The third kappa shape index (κ3) is 3.68. The summed E-state index contributed by atoms with van der Waals surface area (Å²) >= 11 is 0. The zero-order chi connectivity index (χ0) is 5.70. The van der Waals surface area contributed by atoms with Crippen LogP contribution in [-0.2, 0) is 4.94 Å². The van der Waals surface area contributed by atoms with Crippen molar-refractivity contribution in [3.8, 4) is 0 Å². The van der Waals surface area contributed by atoms with Crippen molar-refractivity contribution in [2.75, 3.05) is 13.6 Å². The SMILES string of the molecule is CCN(O)ONC. The molecule has 0 heterocycles. The van der Waals surface area contributed by atoms with Gasteiger partial charge in [-0.05, 0) is 12.2 Å². The molecule has 0 amide bonds. The van der Waals surface area contributed by atoms with E-state index >= 15 is 0 Å². The molecular formula is C3H10N2O2. The molecule has 0 aliphatic carbocycles. The first-order chi connectivity index (χ1) is 3.31. The van der Waals surface area contributed by atoms with E-state index in [0.717, 1.165) is 0 Å². The quantitative estimate of drug-likeness (QED) is 0.487. The molecule has 0 unspecified atom stereocenters. The summed E-state index contributed by atoms with van der Waals surface area (Å²) in [4.78, 5) is 4.33. The van der Waals surface area contributed by atoms with Crippen molar-refractivity contribution in [3.63, 3.8) is 0 Å². The molecular weight excluding hydrogens is 96.0 g/mol. The van der Waals surface area contributed by atoms with Crippen molar-refractivity contribution < 1.29 is 10.1 Å². The third-order valence-corrected chi connectivity index (χ3v) is 0.467. The summed E-state index contributed by atoms with van der Waals surface area (Å²) in [6, 6.07) is 0. The number of rotatable bonds is 3. The largest absolute Gasteiger partial charge is 0.288 e. The smallest absolute Gasteiger partial charge is 0.0506 e. The minimum absolute atomic E-state index is 0.445. The Hall–Kier alpha value is -0.160. The van der Waals surface area contributed by atoms with Gasteiger partial charge in [0.15, 0.2) is 0 Å². The van der Waals surface area contributed by atoms with Crippen LogP contribution in [0.25, 0.3) is 0 Å². The molecule has 0 aliphatic rings. The Balaban J connectivity index is 2.83. The third-order valence-electron chi connectivity index (χ3n) is 0.467. The highest BCUT2D eigenvalue weighted by Crippen LogP contribution is 1.73. The normalized spacial score (nSPS) is 10.3. The fourth-order valence-electron chi connectivity index (χ4n) is 0.170. The number of nitrogens with zero attached hydrogens (tertiary/aromatic N) is 1. The fraction of sp³-hybridized carbons (Fsp3) is 1.00. The second kappa shape index (κ2) is 4.01. The standard InChI is InChI=1S/C3H10N2O2/c1-3-5(6)7-4-2/h4,6H,3H2,1-2H3. The molecule has 0 saturated heterocycles. The van der Waals surface area contributed by atoms with Crippen LogP contribution in [0.3, 0.4) is 0 Å². The Labute approximate surface area is 42.5 Å². The van der Waals surface area contributed by atoms with Crippen LogP contribution in [0, 0.1) is 0 Å². The summed E-state index contributed by atoms with van der Waals surface area (Å²) in [5.74, 6) is 0. The van der Waals surface area contributed by atoms with Gasteiger partial charge in [0.25, 0.3) is 0 Å². The number of hydrogen-bond donors (Lipinski definition) is 2. The van der Waals surface area contributed by atoms with E-state index in [-0.39, 0.29) is 0 Å². The topological polar surface area (TPSA) is 44.7 Å². The fourth-order valence-corrected chi connectivity index (χ4v) is 0.170. The van der Waals surface area contributed by atoms with Gasteiger partial charge in [-0.1, -0.05) is 0 Å². The molecule has 2 N–H and O–H groups in total. The molecule has 0 saturated carbocycles. The predicted molar refractivity (Wildman–Crippen MR) is 24.3 cm³/mol. The van der Waals surface area contributed by atoms with Crippen molar-refractivity contribution in [3.05, 3.63) is 0 Å². The molecule has 0 aromatic carbocycles. The zero-order valence-corrected chi connectivity index (χ0v) is 4.51. The molecule has 7 heavy (non-hydrogen) atoms. The average Bonchev–Trinajstić information content (AvgIpc) is 1.68. The second-order valence-corrected chi connectivity index (χ2v) is 0.964. The maximum absolute atomic E-state index is 8.41. The van der Waals surface area contributed by atoms with Crippen molar-refractivity contribution in [2.45, 2.75) is 6.92 Å². The van der Waals surface area contributed by atoms with Crippen molar-refractivity contribution in [2.24, 2.45) is 0 Å². The van der Waals surface area contributed by atoms with Crippen LogP contribution in [0.5, 0.6) is 0 Å². The molecule has 4 heteroatoms. The van der Waals surface area contributed by atoms with Gasteiger partial charge in [0.05, 0.1) is 6.54 Å². The molecule has 0 rings (SSSR count). The maximum Gasteiger partial charge on any atom is 0.0506 e. The molecule has 4 nitrogen and oxygen atoms in total. The lowest BCUT2D eigenvalue weighted by Crippen LogP contribution is -2.25. The van der Waals surface area contributed by atoms with E-state index in [0.29, 0.717) is 11.8 Å². The van der Waals surface area contributed by atoms with E-state index in [1.165, 1.54) is 0 Å². The Morgan fingerprint density at radius 1 is 1.86 bits per heavy atom. The lowest BCUT2D eigenvalue weighted by Gasteiger charge is -2.07. The van der Waals surface area contributed by atoms with E-state index in [4.69, 9.17) is 5.21 Å². The van der Waals surface area contributed by atoms with Crippen molar-refractivity contribution in [1.82, 2.24) is 10.7 Å². The highest BCUT2D eigenvalue weighted by molar-refractivity contribution is 4.08. The molecule has 0 aliphatic heterocycles. The summed E-state index contributed by atoms with van der Waals surface area (Å²) in [5.41, 5.74) is 2.29. The lowest BCUT2D eigenvalue weighted by molar-refractivity contribution is -0.364. The minimum Gasteiger partial charge on any atom is -0.288 e. The van der Waals surface area contributed by atoms with Gasteiger partial charge in [0, 0.05) is 7.05 Å². The van der Waals surface area contributed by atoms with Crippen LogP contribution in [0.15, 0.2) is 0 Å². The van der Waals surface area contributed by atoms with Crippen LogP contribution >= 0.6 is 0 Å². The van der Waals surface area contributed by atoms with Gasteiger partial charge in [-0.3, -0.25) is 5.21 Å². The van der Waals surface area contributed by atoms with Crippen LogP contribution in [0.1, 0.15) is 6.92 Å². The molecule has 0 aromatic rings. The van der Waals surface area contributed by atoms with Crippen LogP contribution < -0.4 is 5.48 Å². The average molecular weight is 106 g/mol. The first-order valence-corrected chi connectivity index (χ1v) is 2.11. The van der Waals surface area contributed by atoms with Gasteiger partial charge < -0.3 is 0 Å². The Morgan fingerprint density at radius 3 is 2.57 bits per heavy atom. The van der Waals surface area contributed by atoms with Crippen molar-refractivity contribution >= 4 is 0 Å². The molecule has 0 aromatic heterocycles. The van der Waals surface area contributed by atoms with Gasteiger partial charge in [-0.15, -0.1) is 0 Å². The highest BCUT2D eigenvalue weighted by Gasteiger charge is 1.88. The van der Waals surface area contributed by atoms with Crippen LogP contribution in [0.2, 0.25) is 0 Å². The summed E-state index contributed by atoms with van der Waals surface area (Å²) in [7, 11) is 1.57. The van der Waals surface area contributed by atoms with E-state index in [2.05, 4.69) is 10.4 Å². The van der Waals surface area contributed by atoms with Gasteiger partial charge in [0.2, 0.25) is 0 Å². The second-order valence-electron chi connectivity index (χ2n) is 0.964. The molecule has 0 atom stereocenters. The lowest BCUT2D eigenvalue weighted by atomic mass is 10.8. The maximum atomic E-state index is 8.41. The Morgan fingerprint density at radius 2 is 2.43 bits per heavy atom. The monoisotopic (exact) mass is 106 g/mol. The summed E-state index contributed by atoms with van der Waals surface area (Å²) in [6.07, 6.45) is 0. The van der Waals surface area contributed by atoms with Crippen LogP contribution in [-0.4, -0.2) is 24.0 Å². The van der Waals surface area contributed by atoms with Gasteiger partial charge in [-0.2, -0.15) is 10.4 Å². The molecule has 0 spiro atoms. The molecule has 0 fully saturated rings. The zero-order valence-electron chi connectivity index (χ0n) is 4.51.